The first kappa shape index (κ1) is 12.2. The Labute approximate surface area is 116 Å². The molecule has 98 valence electrons. The molecule has 19 heavy (non-hydrogen) atoms. The lowest BCUT2D eigenvalue weighted by Gasteiger charge is -2.20. The molecule has 0 saturated heterocycles. The molecular formula is C15H15NO2S. The van der Waals surface area contributed by atoms with Gasteiger partial charge in [-0.3, -0.25) is 0 Å². The Hall–Kier alpha value is -1.81. The number of hydrogen-bond acceptors (Lipinski definition) is 3. The van der Waals surface area contributed by atoms with Crippen LogP contribution in [0.2, 0.25) is 0 Å². The third kappa shape index (κ3) is 2.49. The summed E-state index contributed by atoms with van der Waals surface area (Å²) in [5.74, 6) is -0.839. The zero-order valence-electron chi connectivity index (χ0n) is 10.5. The molecule has 1 aliphatic rings. The Morgan fingerprint density at radius 2 is 1.68 bits per heavy atom. The average molecular weight is 273 g/mol. The first-order chi connectivity index (χ1) is 9.24. The van der Waals surface area contributed by atoms with Gasteiger partial charge < -0.3 is 10.0 Å². The van der Waals surface area contributed by atoms with Gasteiger partial charge in [-0.1, -0.05) is 24.3 Å². The second-order valence-corrected chi connectivity index (χ2v) is 5.76. The van der Waals surface area contributed by atoms with E-state index in [1.54, 1.807) is 6.07 Å². The minimum absolute atomic E-state index is 0.414. The number of nitrogens with zero attached hydrogens (tertiary/aromatic N) is 1. The van der Waals surface area contributed by atoms with Gasteiger partial charge >= 0.3 is 5.97 Å². The predicted molar refractivity (Wildman–Crippen MR) is 77.3 cm³/mol. The minimum Gasteiger partial charge on any atom is -0.477 e. The SMILES string of the molecule is O=C(O)c1ccc(N2CCc3ccccc3CC2)s1. The van der Waals surface area contributed by atoms with E-state index in [1.165, 1.54) is 22.5 Å². The van der Waals surface area contributed by atoms with Crippen molar-refractivity contribution in [3.05, 3.63) is 52.4 Å². The van der Waals surface area contributed by atoms with Gasteiger partial charge in [-0.05, 0) is 36.1 Å². The quantitative estimate of drug-likeness (QED) is 0.914. The summed E-state index contributed by atoms with van der Waals surface area (Å²) in [6, 6.07) is 12.2. The molecule has 1 aromatic carbocycles. The summed E-state index contributed by atoms with van der Waals surface area (Å²) in [6.45, 7) is 1.91. The standard InChI is InChI=1S/C15H15NO2S/c17-15(18)13-5-6-14(19-13)16-9-7-11-3-1-2-4-12(11)8-10-16/h1-6H,7-10H2,(H,17,18). The largest absolute Gasteiger partial charge is 0.477 e. The monoisotopic (exact) mass is 273 g/mol. The van der Waals surface area contributed by atoms with Crippen LogP contribution in [0.3, 0.4) is 0 Å². The number of carbonyl (C=O) groups is 1. The van der Waals surface area contributed by atoms with Gasteiger partial charge in [0.2, 0.25) is 0 Å². The maximum absolute atomic E-state index is 10.9. The van der Waals surface area contributed by atoms with E-state index in [4.69, 9.17) is 5.11 Å². The lowest BCUT2D eigenvalue weighted by atomic mass is 10.0. The van der Waals surface area contributed by atoms with Crippen molar-refractivity contribution in [3.63, 3.8) is 0 Å². The maximum atomic E-state index is 10.9. The molecule has 0 amide bonds. The van der Waals surface area contributed by atoms with Crippen LogP contribution in [-0.2, 0) is 12.8 Å². The summed E-state index contributed by atoms with van der Waals surface area (Å²) < 4.78 is 0. The van der Waals surface area contributed by atoms with Gasteiger partial charge in [0.05, 0.1) is 5.00 Å². The van der Waals surface area contributed by atoms with Crippen LogP contribution in [0.1, 0.15) is 20.8 Å². The number of benzene rings is 1. The molecule has 1 aromatic heterocycles. The lowest BCUT2D eigenvalue weighted by molar-refractivity contribution is 0.0702. The molecule has 0 atom stereocenters. The molecular weight excluding hydrogens is 258 g/mol. The number of hydrogen-bond donors (Lipinski definition) is 1. The maximum Gasteiger partial charge on any atom is 0.345 e. The minimum atomic E-state index is -0.839. The summed E-state index contributed by atoms with van der Waals surface area (Å²) in [4.78, 5) is 13.6. The molecule has 0 aliphatic carbocycles. The smallest absolute Gasteiger partial charge is 0.345 e. The molecule has 0 unspecified atom stereocenters. The van der Waals surface area contributed by atoms with Crippen molar-refractivity contribution in [3.8, 4) is 0 Å². The molecule has 4 heteroatoms. The van der Waals surface area contributed by atoms with E-state index in [2.05, 4.69) is 29.2 Å². The van der Waals surface area contributed by atoms with Crippen LogP contribution in [0.5, 0.6) is 0 Å². The first-order valence-electron chi connectivity index (χ1n) is 6.39. The molecule has 2 aromatic rings. The Bertz CT molecular complexity index is 579. The van der Waals surface area contributed by atoms with Crippen molar-refractivity contribution in [2.45, 2.75) is 12.8 Å². The molecule has 1 N–H and O–H groups in total. The van der Waals surface area contributed by atoms with Crippen LogP contribution in [0.25, 0.3) is 0 Å². The molecule has 0 spiro atoms. The normalized spacial score (nSPS) is 14.8. The van der Waals surface area contributed by atoms with Crippen molar-refractivity contribution in [2.24, 2.45) is 0 Å². The zero-order chi connectivity index (χ0) is 13.2. The number of carboxylic acid groups (broad SMARTS) is 1. The van der Waals surface area contributed by atoms with E-state index >= 15 is 0 Å². The van der Waals surface area contributed by atoms with E-state index < -0.39 is 5.97 Å². The fourth-order valence-electron chi connectivity index (χ4n) is 2.50. The fourth-order valence-corrected chi connectivity index (χ4v) is 3.40. The highest BCUT2D eigenvalue weighted by molar-refractivity contribution is 7.17. The highest BCUT2D eigenvalue weighted by Gasteiger charge is 2.16. The molecule has 0 radical (unpaired) electrons. The second kappa shape index (κ2) is 5.05. The Morgan fingerprint density at radius 3 is 2.21 bits per heavy atom. The van der Waals surface area contributed by atoms with Crippen LogP contribution in [0.4, 0.5) is 5.00 Å². The van der Waals surface area contributed by atoms with Gasteiger partial charge in [0.15, 0.2) is 0 Å². The number of carboxylic acids is 1. The number of aromatic carboxylic acids is 1. The van der Waals surface area contributed by atoms with E-state index in [9.17, 15) is 4.79 Å². The van der Waals surface area contributed by atoms with Gasteiger partial charge in [-0.15, -0.1) is 11.3 Å². The van der Waals surface area contributed by atoms with Crippen molar-refractivity contribution in [1.82, 2.24) is 0 Å². The molecule has 1 aliphatic heterocycles. The van der Waals surface area contributed by atoms with Crippen LogP contribution in [0.15, 0.2) is 36.4 Å². The topological polar surface area (TPSA) is 40.5 Å². The number of anilines is 1. The highest BCUT2D eigenvalue weighted by atomic mass is 32.1. The molecule has 0 fully saturated rings. The number of rotatable bonds is 2. The van der Waals surface area contributed by atoms with Gasteiger partial charge in [-0.25, -0.2) is 4.79 Å². The Balaban J connectivity index is 1.79. The molecule has 3 nitrogen and oxygen atoms in total. The van der Waals surface area contributed by atoms with E-state index in [0.29, 0.717) is 4.88 Å². The van der Waals surface area contributed by atoms with E-state index in [0.717, 1.165) is 30.9 Å². The number of thiophene rings is 1. The zero-order valence-corrected chi connectivity index (χ0v) is 11.3. The van der Waals surface area contributed by atoms with Crippen molar-refractivity contribution >= 4 is 22.3 Å². The molecule has 0 saturated carbocycles. The highest BCUT2D eigenvalue weighted by Crippen LogP contribution is 2.28. The predicted octanol–water partition coefficient (Wildman–Crippen LogP) is 3.05. The lowest BCUT2D eigenvalue weighted by Crippen LogP contribution is -2.24. The molecule has 0 bridgehead atoms. The molecule has 3 rings (SSSR count). The van der Waals surface area contributed by atoms with Crippen LogP contribution >= 0.6 is 11.3 Å². The van der Waals surface area contributed by atoms with Crippen LogP contribution in [-0.4, -0.2) is 24.2 Å². The fraction of sp³-hybridized carbons (Fsp3) is 0.267. The van der Waals surface area contributed by atoms with Gasteiger partial charge in [0.1, 0.15) is 4.88 Å². The number of fused-ring (bicyclic) bond motifs is 1. The van der Waals surface area contributed by atoms with Crippen LogP contribution < -0.4 is 4.90 Å². The summed E-state index contributed by atoms with van der Waals surface area (Å²) in [5.41, 5.74) is 2.83. The van der Waals surface area contributed by atoms with E-state index in [1.807, 2.05) is 6.07 Å². The third-order valence-electron chi connectivity index (χ3n) is 3.53. The summed E-state index contributed by atoms with van der Waals surface area (Å²) in [5, 5.41) is 10.0. The van der Waals surface area contributed by atoms with Crippen molar-refractivity contribution < 1.29 is 9.90 Å². The van der Waals surface area contributed by atoms with Gasteiger partial charge in [0, 0.05) is 13.1 Å². The third-order valence-corrected chi connectivity index (χ3v) is 4.67. The Morgan fingerprint density at radius 1 is 1.05 bits per heavy atom. The van der Waals surface area contributed by atoms with Gasteiger partial charge in [0.25, 0.3) is 0 Å². The summed E-state index contributed by atoms with van der Waals surface area (Å²) >= 11 is 1.36. The van der Waals surface area contributed by atoms with Gasteiger partial charge in [-0.2, -0.15) is 0 Å². The first-order valence-corrected chi connectivity index (χ1v) is 7.20. The summed E-state index contributed by atoms with van der Waals surface area (Å²) in [6.07, 6.45) is 2.05. The van der Waals surface area contributed by atoms with Crippen molar-refractivity contribution in [1.29, 1.82) is 0 Å². The summed E-state index contributed by atoms with van der Waals surface area (Å²) in [7, 11) is 0. The van der Waals surface area contributed by atoms with Crippen LogP contribution in [0, 0.1) is 0 Å². The average Bonchev–Trinajstić information content (AvgIpc) is 2.80. The Kier molecular flexibility index (Phi) is 3.25. The molecule has 2 heterocycles. The second-order valence-electron chi connectivity index (χ2n) is 4.70. The van der Waals surface area contributed by atoms with E-state index in [-0.39, 0.29) is 0 Å². The van der Waals surface area contributed by atoms with Crippen molar-refractivity contribution in [2.75, 3.05) is 18.0 Å².